The van der Waals surface area contributed by atoms with E-state index in [0.717, 1.165) is 48.2 Å². The molecule has 3 rings (SSSR count). The van der Waals surface area contributed by atoms with Crippen molar-refractivity contribution in [3.63, 3.8) is 0 Å². The number of methoxy groups -OCH3 is 1. The van der Waals surface area contributed by atoms with Crippen LogP contribution in [0.1, 0.15) is 32.6 Å². The molecule has 0 aromatic carbocycles. The van der Waals surface area contributed by atoms with Crippen molar-refractivity contribution in [3.8, 4) is 5.75 Å². The molecule has 5 nitrogen and oxygen atoms in total. The fraction of sp³-hybridized carbons (Fsp3) is 0.733. The highest BCUT2D eigenvalue weighted by molar-refractivity contribution is 5.63. The molecule has 2 aliphatic rings. The Labute approximate surface area is 120 Å². The number of ether oxygens (including phenoxy) is 1. The maximum absolute atomic E-state index is 5.46. The minimum atomic E-state index is 0.722. The highest BCUT2D eigenvalue weighted by Crippen LogP contribution is 2.49. The van der Waals surface area contributed by atoms with Crippen molar-refractivity contribution in [1.82, 2.24) is 9.97 Å². The number of rotatable bonds is 8. The average Bonchev–Trinajstić information content (AvgIpc) is 3.33. The van der Waals surface area contributed by atoms with Gasteiger partial charge in [-0.3, -0.25) is 0 Å². The molecule has 1 heterocycles. The smallest absolute Gasteiger partial charge is 0.204 e. The third-order valence-electron chi connectivity index (χ3n) is 4.31. The van der Waals surface area contributed by atoms with E-state index in [1.165, 1.54) is 25.7 Å². The lowest BCUT2D eigenvalue weighted by Gasteiger charge is -2.18. The summed E-state index contributed by atoms with van der Waals surface area (Å²) in [5, 5.41) is 6.70. The Bertz CT molecular complexity index is 445. The standard InChI is InChI=1S/C15H24N4O/c1-3-16-14-13(20-2)15(19-9-18-14)17-8-12(10-4-5-10)11-6-7-11/h9-12H,3-8H2,1-2H3,(H2,16,17,18,19). The van der Waals surface area contributed by atoms with Gasteiger partial charge < -0.3 is 15.4 Å². The molecule has 0 atom stereocenters. The quantitative estimate of drug-likeness (QED) is 0.764. The largest absolute Gasteiger partial charge is 0.490 e. The Morgan fingerprint density at radius 1 is 1.15 bits per heavy atom. The molecule has 0 spiro atoms. The van der Waals surface area contributed by atoms with Crippen molar-refractivity contribution in [2.45, 2.75) is 32.6 Å². The van der Waals surface area contributed by atoms with Crippen LogP contribution in [0.4, 0.5) is 11.6 Å². The lowest BCUT2D eigenvalue weighted by atomic mass is 9.98. The van der Waals surface area contributed by atoms with Crippen molar-refractivity contribution < 1.29 is 4.74 Å². The zero-order valence-electron chi connectivity index (χ0n) is 12.4. The summed E-state index contributed by atoms with van der Waals surface area (Å²) in [6.45, 7) is 3.87. The first kappa shape index (κ1) is 13.5. The highest BCUT2D eigenvalue weighted by atomic mass is 16.5. The Kier molecular flexibility index (Phi) is 3.94. The van der Waals surface area contributed by atoms with Gasteiger partial charge in [-0.15, -0.1) is 0 Å². The van der Waals surface area contributed by atoms with Gasteiger partial charge in [0.25, 0.3) is 0 Å². The van der Waals surface area contributed by atoms with E-state index in [2.05, 4.69) is 20.6 Å². The molecular weight excluding hydrogens is 252 g/mol. The van der Waals surface area contributed by atoms with Crippen LogP contribution in [-0.2, 0) is 0 Å². The molecule has 1 aromatic heterocycles. The molecular formula is C15H24N4O. The third-order valence-corrected chi connectivity index (χ3v) is 4.31. The maximum atomic E-state index is 5.46. The van der Waals surface area contributed by atoms with Crippen LogP contribution in [0, 0.1) is 17.8 Å². The first-order valence-electron chi connectivity index (χ1n) is 7.70. The van der Waals surface area contributed by atoms with Gasteiger partial charge >= 0.3 is 0 Å². The summed E-state index contributed by atoms with van der Waals surface area (Å²) in [5.41, 5.74) is 0. The van der Waals surface area contributed by atoms with Crippen molar-refractivity contribution >= 4 is 11.6 Å². The van der Waals surface area contributed by atoms with E-state index in [4.69, 9.17) is 4.74 Å². The Balaban J connectivity index is 1.67. The van der Waals surface area contributed by atoms with E-state index in [-0.39, 0.29) is 0 Å². The predicted octanol–water partition coefficient (Wildman–Crippen LogP) is 2.77. The molecule has 2 saturated carbocycles. The topological polar surface area (TPSA) is 59.1 Å². The predicted molar refractivity (Wildman–Crippen MR) is 80.2 cm³/mol. The minimum absolute atomic E-state index is 0.722. The van der Waals surface area contributed by atoms with E-state index < -0.39 is 0 Å². The molecule has 2 N–H and O–H groups in total. The summed E-state index contributed by atoms with van der Waals surface area (Å²) in [6.07, 6.45) is 7.23. The summed E-state index contributed by atoms with van der Waals surface area (Å²) in [4.78, 5) is 8.57. The van der Waals surface area contributed by atoms with Crippen molar-refractivity contribution in [3.05, 3.63) is 6.33 Å². The van der Waals surface area contributed by atoms with Crippen LogP contribution in [0.2, 0.25) is 0 Å². The van der Waals surface area contributed by atoms with Gasteiger partial charge in [0.1, 0.15) is 6.33 Å². The SMILES string of the molecule is CCNc1ncnc(NCC(C2CC2)C2CC2)c1OC. The van der Waals surface area contributed by atoms with Crippen LogP contribution in [-0.4, -0.2) is 30.2 Å². The molecule has 0 unspecified atom stereocenters. The van der Waals surface area contributed by atoms with Gasteiger partial charge in [-0.1, -0.05) is 0 Å². The number of hydrogen-bond acceptors (Lipinski definition) is 5. The Morgan fingerprint density at radius 3 is 2.25 bits per heavy atom. The number of nitrogens with zero attached hydrogens (tertiary/aromatic N) is 2. The van der Waals surface area contributed by atoms with E-state index >= 15 is 0 Å². The number of anilines is 2. The summed E-state index contributed by atoms with van der Waals surface area (Å²) < 4.78 is 5.46. The third kappa shape index (κ3) is 2.97. The summed E-state index contributed by atoms with van der Waals surface area (Å²) >= 11 is 0. The van der Waals surface area contributed by atoms with Crippen LogP contribution in [0.3, 0.4) is 0 Å². The average molecular weight is 276 g/mol. The van der Waals surface area contributed by atoms with Crippen LogP contribution >= 0.6 is 0 Å². The Hall–Kier alpha value is -1.52. The molecule has 0 aliphatic heterocycles. The molecule has 0 bridgehead atoms. The summed E-state index contributed by atoms with van der Waals surface area (Å²) in [6, 6.07) is 0. The molecule has 0 saturated heterocycles. The molecule has 2 aliphatic carbocycles. The summed E-state index contributed by atoms with van der Waals surface area (Å²) in [7, 11) is 1.67. The Morgan fingerprint density at radius 2 is 1.75 bits per heavy atom. The van der Waals surface area contributed by atoms with E-state index in [0.29, 0.717) is 0 Å². The fourth-order valence-electron chi connectivity index (χ4n) is 2.97. The summed E-state index contributed by atoms with van der Waals surface area (Å²) in [5.74, 6) is 5.00. The van der Waals surface area contributed by atoms with Crippen molar-refractivity contribution in [2.24, 2.45) is 17.8 Å². The molecule has 0 radical (unpaired) electrons. The second-order valence-corrected chi connectivity index (χ2v) is 5.85. The van der Waals surface area contributed by atoms with Gasteiger partial charge in [-0.2, -0.15) is 0 Å². The maximum Gasteiger partial charge on any atom is 0.204 e. The van der Waals surface area contributed by atoms with Gasteiger partial charge in [0.15, 0.2) is 11.6 Å². The van der Waals surface area contributed by atoms with Gasteiger partial charge in [0.2, 0.25) is 5.75 Å². The van der Waals surface area contributed by atoms with Gasteiger partial charge in [0.05, 0.1) is 7.11 Å². The van der Waals surface area contributed by atoms with Gasteiger partial charge in [-0.05, 0) is 50.4 Å². The van der Waals surface area contributed by atoms with Crippen molar-refractivity contribution in [1.29, 1.82) is 0 Å². The first-order chi connectivity index (χ1) is 9.83. The molecule has 0 amide bonds. The van der Waals surface area contributed by atoms with E-state index in [9.17, 15) is 0 Å². The van der Waals surface area contributed by atoms with E-state index in [1.807, 2.05) is 6.92 Å². The fourth-order valence-corrected chi connectivity index (χ4v) is 2.97. The highest BCUT2D eigenvalue weighted by Gasteiger charge is 2.41. The van der Waals surface area contributed by atoms with Crippen LogP contribution in [0.25, 0.3) is 0 Å². The van der Waals surface area contributed by atoms with Crippen molar-refractivity contribution in [2.75, 3.05) is 30.8 Å². The molecule has 20 heavy (non-hydrogen) atoms. The number of nitrogens with one attached hydrogen (secondary N) is 2. The lowest BCUT2D eigenvalue weighted by Crippen LogP contribution is -2.19. The number of aromatic nitrogens is 2. The van der Waals surface area contributed by atoms with Crippen LogP contribution < -0.4 is 15.4 Å². The zero-order chi connectivity index (χ0) is 13.9. The number of hydrogen-bond donors (Lipinski definition) is 2. The zero-order valence-corrected chi connectivity index (χ0v) is 12.4. The molecule has 110 valence electrons. The molecule has 2 fully saturated rings. The van der Waals surface area contributed by atoms with E-state index in [1.54, 1.807) is 13.4 Å². The van der Waals surface area contributed by atoms with Gasteiger partial charge in [0, 0.05) is 13.1 Å². The minimum Gasteiger partial charge on any atom is -0.490 e. The molecule has 5 heteroatoms. The van der Waals surface area contributed by atoms with Crippen LogP contribution in [0.15, 0.2) is 6.33 Å². The van der Waals surface area contributed by atoms with Gasteiger partial charge in [-0.25, -0.2) is 9.97 Å². The monoisotopic (exact) mass is 276 g/mol. The molecule has 1 aromatic rings. The second-order valence-electron chi connectivity index (χ2n) is 5.85. The first-order valence-corrected chi connectivity index (χ1v) is 7.70. The lowest BCUT2D eigenvalue weighted by molar-refractivity contribution is 0.409. The second kappa shape index (κ2) is 5.85. The van der Waals surface area contributed by atoms with Crippen LogP contribution in [0.5, 0.6) is 5.75 Å². The normalized spacial score (nSPS) is 18.1.